The number of Topliss-reactive ketones (excluding diaryl/α,β-unsaturated/α-hetero) is 1. The van der Waals surface area contributed by atoms with Gasteiger partial charge in [0.2, 0.25) is 0 Å². The third kappa shape index (κ3) is 3.01. The van der Waals surface area contributed by atoms with E-state index in [1.807, 2.05) is 24.3 Å². The molecule has 2 aromatic rings. The van der Waals surface area contributed by atoms with E-state index in [2.05, 4.69) is 6.07 Å². The molecule has 0 heterocycles. The van der Waals surface area contributed by atoms with Gasteiger partial charge >= 0.3 is 0 Å². The Balaban J connectivity index is 2.46. The molecule has 0 unspecified atom stereocenters. The number of hydrogen-bond acceptors (Lipinski definition) is 4. The number of rotatable bonds is 4. The first-order valence-corrected chi connectivity index (χ1v) is 6.83. The van der Waals surface area contributed by atoms with Gasteiger partial charge in [0.15, 0.2) is 5.78 Å². The van der Waals surface area contributed by atoms with Crippen LogP contribution in [0.2, 0.25) is 0 Å². The normalized spacial score (nSPS) is 9.85. The van der Waals surface area contributed by atoms with Crippen LogP contribution in [0.1, 0.15) is 22.8 Å². The highest BCUT2D eigenvalue weighted by Crippen LogP contribution is 2.36. The van der Waals surface area contributed by atoms with E-state index in [0.717, 1.165) is 15.5 Å². The van der Waals surface area contributed by atoms with Crippen molar-refractivity contribution in [1.82, 2.24) is 0 Å². The van der Waals surface area contributed by atoms with E-state index in [1.165, 1.54) is 18.7 Å². The van der Waals surface area contributed by atoms with Crippen LogP contribution < -0.4 is 4.74 Å². The largest absolute Gasteiger partial charge is 0.496 e. The number of hydrogen-bond donors (Lipinski definition) is 0. The minimum absolute atomic E-state index is 0.0214. The van der Waals surface area contributed by atoms with Crippen LogP contribution in [0.25, 0.3) is 0 Å². The molecular formula is C16H13NO2S. The third-order valence-corrected chi connectivity index (χ3v) is 3.89. The molecule has 0 radical (unpaired) electrons. The lowest BCUT2D eigenvalue weighted by atomic mass is 10.1. The van der Waals surface area contributed by atoms with Gasteiger partial charge in [-0.15, -0.1) is 0 Å². The summed E-state index contributed by atoms with van der Waals surface area (Å²) in [5.74, 6) is 0.723. The summed E-state index contributed by atoms with van der Waals surface area (Å²) in [6, 6.07) is 14.8. The molecule has 0 amide bonds. The molecule has 0 saturated heterocycles. The molecule has 2 aromatic carbocycles. The quantitative estimate of drug-likeness (QED) is 0.798. The number of ketones is 1. The smallest absolute Gasteiger partial charge is 0.160 e. The summed E-state index contributed by atoms with van der Waals surface area (Å²) >= 11 is 1.43. The highest BCUT2D eigenvalue weighted by atomic mass is 32.2. The van der Waals surface area contributed by atoms with Crippen molar-refractivity contribution < 1.29 is 9.53 Å². The van der Waals surface area contributed by atoms with Crippen molar-refractivity contribution in [3.63, 3.8) is 0 Å². The minimum atomic E-state index is -0.0214. The molecule has 0 atom stereocenters. The van der Waals surface area contributed by atoms with Crippen molar-refractivity contribution in [2.45, 2.75) is 16.7 Å². The summed E-state index contributed by atoms with van der Waals surface area (Å²) in [6.07, 6.45) is 0. The van der Waals surface area contributed by atoms with Crippen LogP contribution >= 0.6 is 11.8 Å². The van der Waals surface area contributed by atoms with Crippen LogP contribution in [0.5, 0.6) is 5.75 Å². The van der Waals surface area contributed by atoms with Crippen LogP contribution in [0, 0.1) is 11.3 Å². The van der Waals surface area contributed by atoms with Crippen LogP contribution in [-0.2, 0) is 0 Å². The first-order chi connectivity index (χ1) is 9.65. The van der Waals surface area contributed by atoms with Crippen LogP contribution in [-0.4, -0.2) is 12.9 Å². The molecule has 0 aliphatic heterocycles. The average molecular weight is 283 g/mol. The minimum Gasteiger partial charge on any atom is -0.496 e. The first kappa shape index (κ1) is 14.2. The lowest BCUT2D eigenvalue weighted by Crippen LogP contribution is -1.96. The zero-order valence-electron chi connectivity index (χ0n) is 11.2. The number of para-hydroxylation sites is 1. The predicted molar refractivity (Wildman–Crippen MR) is 78.3 cm³/mol. The van der Waals surface area contributed by atoms with E-state index in [-0.39, 0.29) is 5.78 Å². The van der Waals surface area contributed by atoms with E-state index >= 15 is 0 Å². The summed E-state index contributed by atoms with van der Waals surface area (Å²) in [5, 5.41) is 8.99. The molecule has 20 heavy (non-hydrogen) atoms. The van der Waals surface area contributed by atoms with Gasteiger partial charge in [-0.2, -0.15) is 5.26 Å². The van der Waals surface area contributed by atoms with Crippen molar-refractivity contribution in [2.75, 3.05) is 7.11 Å². The monoisotopic (exact) mass is 283 g/mol. The Morgan fingerprint density at radius 2 is 1.95 bits per heavy atom. The lowest BCUT2D eigenvalue weighted by Gasteiger charge is -2.10. The molecule has 3 nitrogen and oxygen atoms in total. The fraction of sp³-hybridized carbons (Fsp3) is 0.125. The van der Waals surface area contributed by atoms with E-state index in [0.29, 0.717) is 11.1 Å². The number of benzene rings is 2. The van der Waals surface area contributed by atoms with E-state index in [1.54, 1.807) is 25.3 Å². The number of nitrogens with zero attached hydrogens (tertiary/aromatic N) is 1. The van der Waals surface area contributed by atoms with Crippen molar-refractivity contribution >= 4 is 17.5 Å². The fourth-order valence-corrected chi connectivity index (χ4v) is 2.93. The highest BCUT2D eigenvalue weighted by Gasteiger charge is 2.12. The third-order valence-electron chi connectivity index (χ3n) is 2.78. The molecule has 0 aliphatic carbocycles. The molecule has 0 saturated carbocycles. The zero-order chi connectivity index (χ0) is 14.5. The van der Waals surface area contributed by atoms with Gasteiger partial charge in [0.1, 0.15) is 5.75 Å². The van der Waals surface area contributed by atoms with E-state index < -0.39 is 0 Å². The maximum atomic E-state index is 11.7. The standard InChI is InChI=1S/C16H13NO2S/c1-11(18)13-8-7-12(10-17)9-16(13)20-15-6-4-3-5-14(15)19-2/h3-9H,1-2H3. The molecule has 0 bridgehead atoms. The molecule has 0 fully saturated rings. The molecule has 0 N–H and O–H groups in total. The van der Waals surface area contributed by atoms with Gasteiger partial charge in [0, 0.05) is 10.5 Å². The molecule has 0 spiro atoms. The second kappa shape index (κ2) is 6.27. The van der Waals surface area contributed by atoms with Gasteiger partial charge < -0.3 is 4.74 Å². The van der Waals surface area contributed by atoms with Gasteiger partial charge in [-0.05, 0) is 37.3 Å². The lowest BCUT2D eigenvalue weighted by molar-refractivity contribution is 0.101. The number of nitriles is 1. The predicted octanol–water partition coefficient (Wildman–Crippen LogP) is 3.92. The average Bonchev–Trinajstić information content (AvgIpc) is 2.47. The van der Waals surface area contributed by atoms with Gasteiger partial charge in [-0.25, -0.2) is 0 Å². The summed E-state index contributed by atoms with van der Waals surface area (Å²) in [7, 11) is 1.61. The Morgan fingerprint density at radius 3 is 2.60 bits per heavy atom. The van der Waals surface area contributed by atoms with Crippen molar-refractivity contribution in [3.05, 3.63) is 53.6 Å². The van der Waals surface area contributed by atoms with E-state index in [9.17, 15) is 4.79 Å². The zero-order valence-corrected chi connectivity index (χ0v) is 12.0. The number of methoxy groups -OCH3 is 1. The molecule has 0 aromatic heterocycles. The topological polar surface area (TPSA) is 50.1 Å². The van der Waals surface area contributed by atoms with Crippen molar-refractivity contribution in [2.24, 2.45) is 0 Å². The SMILES string of the molecule is COc1ccccc1Sc1cc(C#N)ccc1C(C)=O. The Bertz CT molecular complexity index is 689. The Kier molecular flexibility index (Phi) is 4.44. The summed E-state index contributed by atoms with van der Waals surface area (Å²) < 4.78 is 5.30. The van der Waals surface area contributed by atoms with Crippen molar-refractivity contribution in [3.8, 4) is 11.8 Å². The molecule has 100 valence electrons. The van der Waals surface area contributed by atoms with Crippen LogP contribution in [0.15, 0.2) is 52.3 Å². The molecule has 2 rings (SSSR count). The summed E-state index contributed by atoms with van der Waals surface area (Å²) in [6.45, 7) is 1.52. The maximum absolute atomic E-state index is 11.7. The summed E-state index contributed by atoms with van der Waals surface area (Å²) in [5.41, 5.74) is 1.15. The van der Waals surface area contributed by atoms with Crippen LogP contribution in [0.3, 0.4) is 0 Å². The van der Waals surface area contributed by atoms with Gasteiger partial charge in [0.25, 0.3) is 0 Å². The second-order valence-corrected chi connectivity index (χ2v) is 5.22. The van der Waals surface area contributed by atoms with Crippen molar-refractivity contribution in [1.29, 1.82) is 5.26 Å². The number of carbonyl (C=O) groups excluding carboxylic acids is 1. The number of carbonyl (C=O) groups is 1. The molecule has 0 aliphatic rings. The van der Waals surface area contributed by atoms with Gasteiger partial charge in [-0.1, -0.05) is 23.9 Å². The molecular weight excluding hydrogens is 270 g/mol. The first-order valence-electron chi connectivity index (χ1n) is 6.01. The second-order valence-electron chi connectivity index (χ2n) is 4.13. The summed E-state index contributed by atoms with van der Waals surface area (Å²) in [4.78, 5) is 13.4. The number of ether oxygens (including phenoxy) is 1. The Morgan fingerprint density at radius 1 is 1.20 bits per heavy atom. The van der Waals surface area contributed by atoms with E-state index in [4.69, 9.17) is 10.00 Å². The maximum Gasteiger partial charge on any atom is 0.160 e. The molecule has 4 heteroatoms. The van der Waals surface area contributed by atoms with Crippen LogP contribution in [0.4, 0.5) is 0 Å². The van der Waals surface area contributed by atoms with Gasteiger partial charge in [0.05, 0.1) is 23.6 Å². The Hall–Kier alpha value is -2.25. The highest BCUT2D eigenvalue weighted by molar-refractivity contribution is 7.99. The van der Waals surface area contributed by atoms with Gasteiger partial charge in [-0.3, -0.25) is 4.79 Å². The Labute approximate surface area is 122 Å². The fourth-order valence-electron chi connectivity index (χ4n) is 1.79.